The third kappa shape index (κ3) is 3.43. The summed E-state index contributed by atoms with van der Waals surface area (Å²) in [7, 11) is 2.16. The van der Waals surface area contributed by atoms with Gasteiger partial charge in [-0.15, -0.1) is 0 Å². The maximum atomic E-state index is 10.9. The Morgan fingerprint density at radius 1 is 1.24 bits per heavy atom. The van der Waals surface area contributed by atoms with Gasteiger partial charge in [0.25, 0.3) is 0 Å². The Kier molecular flexibility index (Phi) is 4.38. The molecule has 1 atom stereocenters. The molecule has 1 unspecified atom stereocenters. The Morgan fingerprint density at radius 3 is 2.56 bits per heavy atom. The summed E-state index contributed by atoms with van der Waals surface area (Å²) < 4.78 is 0. The molecule has 25 heavy (non-hydrogen) atoms. The summed E-state index contributed by atoms with van der Waals surface area (Å²) in [5.74, 6) is -0.421. The number of aromatic carboxylic acids is 1. The van der Waals surface area contributed by atoms with E-state index in [0.717, 1.165) is 17.7 Å². The lowest BCUT2D eigenvalue weighted by Crippen LogP contribution is -2.45. The highest BCUT2D eigenvalue weighted by Crippen LogP contribution is 2.42. The highest BCUT2D eigenvalue weighted by atomic mass is 16.4. The average molecular weight is 336 g/mol. The van der Waals surface area contributed by atoms with Crippen LogP contribution in [0.2, 0.25) is 0 Å². The molecule has 0 aromatic heterocycles. The molecule has 2 aromatic carbocycles. The van der Waals surface area contributed by atoms with Crippen molar-refractivity contribution in [3.8, 4) is 0 Å². The molecular weight excluding hydrogens is 312 g/mol. The van der Waals surface area contributed by atoms with Gasteiger partial charge in [-0.05, 0) is 73.7 Å². The van der Waals surface area contributed by atoms with Gasteiger partial charge in [0.1, 0.15) is 0 Å². The number of fused-ring (bicyclic) bond motifs is 1. The van der Waals surface area contributed by atoms with Crippen LogP contribution in [0.5, 0.6) is 0 Å². The van der Waals surface area contributed by atoms with Crippen LogP contribution < -0.4 is 4.90 Å². The SMILES string of the molecule is CC1CC(C)(C)N(C)c2ccc(C=Nc3ccc(C(=O)O)cc3)cc21. The van der Waals surface area contributed by atoms with E-state index >= 15 is 0 Å². The zero-order valence-electron chi connectivity index (χ0n) is 15.2. The molecule has 0 bridgehead atoms. The molecule has 0 fully saturated rings. The monoisotopic (exact) mass is 336 g/mol. The van der Waals surface area contributed by atoms with E-state index in [9.17, 15) is 4.79 Å². The van der Waals surface area contributed by atoms with E-state index in [0.29, 0.717) is 5.92 Å². The normalized spacial score (nSPS) is 19.0. The largest absolute Gasteiger partial charge is 0.478 e. The molecule has 0 amide bonds. The van der Waals surface area contributed by atoms with Gasteiger partial charge < -0.3 is 10.0 Å². The molecule has 1 aliphatic heterocycles. The minimum Gasteiger partial charge on any atom is -0.478 e. The predicted octanol–water partition coefficient (Wildman–Crippen LogP) is 4.86. The highest BCUT2D eigenvalue weighted by Gasteiger charge is 2.33. The van der Waals surface area contributed by atoms with Crippen molar-refractivity contribution < 1.29 is 9.90 Å². The lowest BCUT2D eigenvalue weighted by atomic mass is 9.80. The molecule has 1 heterocycles. The number of hydrogen-bond donors (Lipinski definition) is 1. The van der Waals surface area contributed by atoms with Gasteiger partial charge in [0, 0.05) is 24.5 Å². The van der Waals surface area contributed by atoms with Gasteiger partial charge in [0.2, 0.25) is 0 Å². The van der Waals surface area contributed by atoms with Gasteiger partial charge in [-0.25, -0.2) is 4.79 Å². The van der Waals surface area contributed by atoms with Crippen molar-refractivity contribution in [2.45, 2.75) is 38.6 Å². The summed E-state index contributed by atoms with van der Waals surface area (Å²) in [6.07, 6.45) is 2.95. The van der Waals surface area contributed by atoms with Gasteiger partial charge >= 0.3 is 5.97 Å². The van der Waals surface area contributed by atoms with Gasteiger partial charge in [-0.1, -0.05) is 13.0 Å². The van der Waals surface area contributed by atoms with E-state index in [4.69, 9.17) is 5.11 Å². The van der Waals surface area contributed by atoms with Gasteiger partial charge in [0.15, 0.2) is 0 Å². The van der Waals surface area contributed by atoms with Crippen molar-refractivity contribution in [3.05, 3.63) is 59.2 Å². The standard InChI is InChI=1S/C21H24N2O2/c1-14-12-21(2,3)23(4)19-10-5-15(11-18(14)19)13-22-17-8-6-16(7-9-17)20(24)25/h5-11,13-14H,12H2,1-4H3,(H,24,25). The smallest absolute Gasteiger partial charge is 0.335 e. The van der Waals surface area contributed by atoms with E-state index in [1.165, 1.54) is 11.3 Å². The van der Waals surface area contributed by atoms with Crippen molar-refractivity contribution in [3.63, 3.8) is 0 Å². The highest BCUT2D eigenvalue weighted by molar-refractivity contribution is 5.88. The average Bonchev–Trinajstić information content (AvgIpc) is 2.58. The number of carboxylic acids is 1. The minimum absolute atomic E-state index is 0.161. The van der Waals surface area contributed by atoms with Crippen LogP contribution in [-0.2, 0) is 0 Å². The van der Waals surface area contributed by atoms with E-state index in [-0.39, 0.29) is 11.1 Å². The van der Waals surface area contributed by atoms with Crippen LogP contribution in [0.4, 0.5) is 11.4 Å². The molecule has 3 rings (SSSR count). The number of carbonyl (C=O) groups is 1. The molecule has 0 saturated heterocycles. The topological polar surface area (TPSA) is 52.9 Å². The Hall–Kier alpha value is -2.62. The second-order valence-electron chi connectivity index (χ2n) is 7.41. The van der Waals surface area contributed by atoms with Crippen LogP contribution in [0.1, 0.15) is 54.6 Å². The first-order chi connectivity index (χ1) is 11.8. The maximum absolute atomic E-state index is 10.9. The first-order valence-electron chi connectivity index (χ1n) is 8.53. The molecule has 1 N–H and O–H groups in total. The van der Waals surface area contributed by atoms with Crippen LogP contribution in [0, 0.1) is 0 Å². The van der Waals surface area contributed by atoms with Crippen molar-refractivity contribution in [1.82, 2.24) is 0 Å². The third-order valence-electron chi connectivity index (χ3n) is 5.13. The number of rotatable bonds is 3. The number of nitrogens with zero attached hydrogens (tertiary/aromatic N) is 2. The molecule has 0 aliphatic carbocycles. The van der Waals surface area contributed by atoms with Crippen LogP contribution >= 0.6 is 0 Å². The number of aliphatic imine (C=N–C) groups is 1. The zero-order chi connectivity index (χ0) is 18.2. The molecule has 4 heteroatoms. The van der Waals surface area contributed by atoms with Gasteiger partial charge in [-0.3, -0.25) is 4.99 Å². The molecule has 0 saturated carbocycles. The van der Waals surface area contributed by atoms with E-state index in [1.54, 1.807) is 24.3 Å². The van der Waals surface area contributed by atoms with Gasteiger partial charge in [0.05, 0.1) is 11.3 Å². The molecule has 4 nitrogen and oxygen atoms in total. The zero-order valence-corrected chi connectivity index (χ0v) is 15.2. The fourth-order valence-electron chi connectivity index (χ4n) is 3.51. The first kappa shape index (κ1) is 17.2. The first-order valence-corrected chi connectivity index (χ1v) is 8.53. The molecule has 0 radical (unpaired) electrons. The second kappa shape index (κ2) is 6.36. The van der Waals surface area contributed by atoms with Crippen LogP contribution in [0.25, 0.3) is 0 Å². The molecule has 2 aromatic rings. The van der Waals surface area contributed by atoms with Crippen LogP contribution in [-0.4, -0.2) is 29.9 Å². The Balaban J connectivity index is 1.85. The van der Waals surface area contributed by atoms with Gasteiger partial charge in [-0.2, -0.15) is 0 Å². The molecule has 1 aliphatic rings. The molecule has 0 spiro atoms. The van der Waals surface area contributed by atoms with Crippen molar-refractivity contribution in [2.24, 2.45) is 4.99 Å². The lowest BCUT2D eigenvalue weighted by Gasteiger charge is -2.45. The summed E-state index contributed by atoms with van der Waals surface area (Å²) >= 11 is 0. The quantitative estimate of drug-likeness (QED) is 0.815. The number of hydrogen-bond acceptors (Lipinski definition) is 3. The van der Waals surface area contributed by atoms with Crippen LogP contribution in [0.15, 0.2) is 47.5 Å². The van der Waals surface area contributed by atoms with Crippen molar-refractivity contribution in [1.29, 1.82) is 0 Å². The Morgan fingerprint density at radius 2 is 1.92 bits per heavy atom. The Bertz CT molecular complexity index is 822. The summed E-state index contributed by atoms with van der Waals surface area (Å²) in [5.41, 5.74) is 4.87. The van der Waals surface area contributed by atoms with E-state index < -0.39 is 5.97 Å². The number of benzene rings is 2. The number of carboxylic acid groups (broad SMARTS) is 1. The van der Waals surface area contributed by atoms with Crippen LogP contribution in [0.3, 0.4) is 0 Å². The fourth-order valence-corrected chi connectivity index (χ4v) is 3.51. The second-order valence-corrected chi connectivity index (χ2v) is 7.41. The summed E-state index contributed by atoms with van der Waals surface area (Å²) in [5, 5.41) is 8.94. The minimum atomic E-state index is -0.925. The summed E-state index contributed by atoms with van der Waals surface area (Å²) in [4.78, 5) is 17.7. The third-order valence-corrected chi connectivity index (χ3v) is 5.13. The van der Waals surface area contributed by atoms with E-state index in [1.807, 2.05) is 6.21 Å². The molecular formula is C21H24N2O2. The maximum Gasteiger partial charge on any atom is 0.335 e. The van der Waals surface area contributed by atoms with Crippen molar-refractivity contribution in [2.75, 3.05) is 11.9 Å². The fraction of sp³-hybridized carbons (Fsp3) is 0.333. The summed E-state index contributed by atoms with van der Waals surface area (Å²) in [6, 6.07) is 13.0. The predicted molar refractivity (Wildman–Crippen MR) is 103 cm³/mol. The molecule has 130 valence electrons. The number of anilines is 1. The van der Waals surface area contributed by atoms with E-state index in [2.05, 4.69) is 55.9 Å². The summed E-state index contributed by atoms with van der Waals surface area (Å²) in [6.45, 7) is 6.84. The Labute approximate surface area is 148 Å². The van der Waals surface area contributed by atoms with Crippen molar-refractivity contribution >= 4 is 23.6 Å². The lowest BCUT2D eigenvalue weighted by molar-refractivity contribution is 0.0697.